The van der Waals surface area contributed by atoms with Gasteiger partial charge in [0.05, 0.1) is 4.91 Å². The van der Waals surface area contributed by atoms with Crippen molar-refractivity contribution in [1.29, 1.82) is 0 Å². The highest BCUT2D eigenvalue weighted by Gasteiger charge is 2.40. The maximum atomic E-state index is 13.6. The predicted molar refractivity (Wildman–Crippen MR) is 144 cm³/mol. The van der Waals surface area contributed by atoms with E-state index in [4.69, 9.17) is 11.6 Å². The lowest BCUT2D eigenvalue weighted by Crippen LogP contribution is -2.50. The molecule has 4 nitrogen and oxygen atoms in total. The largest absolute Gasteiger partial charge is 0.339 e. The Morgan fingerprint density at radius 1 is 0.971 bits per heavy atom. The Balaban J connectivity index is 1.35. The summed E-state index contributed by atoms with van der Waals surface area (Å²) in [6.07, 6.45) is 11.2. The molecule has 2 amide bonds. The van der Waals surface area contributed by atoms with Crippen LogP contribution < -0.4 is 0 Å². The van der Waals surface area contributed by atoms with Crippen LogP contribution in [0.4, 0.5) is 0 Å². The van der Waals surface area contributed by atoms with E-state index in [1.165, 1.54) is 25.7 Å². The number of likely N-dealkylation sites (tertiary alicyclic amines) is 1. The second-order valence-corrected chi connectivity index (χ2v) is 11.6. The van der Waals surface area contributed by atoms with Gasteiger partial charge in [-0.3, -0.25) is 9.59 Å². The quantitative estimate of drug-likeness (QED) is 0.427. The van der Waals surface area contributed by atoms with Crippen molar-refractivity contribution in [2.45, 2.75) is 69.2 Å². The number of rotatable bonds is 4. The average molecular weight is 509 g/mol. The fraction of sp³-hybridized carbons (Fsp3) is 0.448. The summed E-state index contributed by atoms with van der Waals surface area (Å²) in [4.78, 5) is 31.4. The molecule has 184 valence electrons. The molecule has 0 spiro atoms. The lowest BCUT2D eigenvalue weighted by Gasteiger charge is -2.44. The summed E-state index contributed by atoms with van der Waals surface area (Å²) in [6, 6.07) is 15.8. The Kier molecular flexibility index (Phi) is 7.84. The minimum Gasteiger partial charge on any atom is -0.339 e. The average Bonchev–Trinajstić information content (AvgIpc) is 3.16. The third-order valence-electron chi connectivity index (χ3n) is 7.41. The maximum Gasteiger partial charge on any atom is 0.260 e. The molecule has 2 aromatic rings. The lowest BCUT2D eigenvalue weighted by molar-refractivity contribution is -0.130. The van der Waals surface area contributed by atoms with Crippen LogP contribution in [0.5, 0.6) is 0 Å². The second kappa shape index (κ2) is 11.2. The number of thioether (sulfide) groups is 1. The van der Waals surface area contributed by atoms with Crippen molar-refractivity contribution < 1.29 is 9.59 Å². The normalized spacial score (nSPS) is 24.3. The molecule has 0 aromatic heterocycles. The van der Waals surface area contributed by atoms with Crippen molar-refractivity contribution in [3.63, 3.8) is 0 Å². The van der Waals surface area contributed by atoms with Gasteiger partial charge in [0.15, 0.2) is 0 Å². The van der Waals surface area contributed by atoms with Gasteiger partial charge in [-0.25, -0.2) is 0 Å². The van der Waals surface area contributed by atoms with Crippen LogP contribution in [0.25, 0.3) is 6.08 Å². The molecule has 0 radical (unpaired) electrons. The smallest absolute Gasteiger partial charge is 0.260 e. The first-order valence-electron chi connectivity index (χ1n) is 12.9. The molecule has 35 heavy (non-hydrogen) atoms. The van der Waals surface area contributed by atoms with Gasteiger partial charge in [0.25, 0.3) is 11.8 Å². The summed E-state index contributed by atoms with van der Waals surface area (Å²) in [5, 5.41) is 1.13. The van der Waals surface area contributed by atoms with E-state index in [1.54, 1.807) is 11.8 Å². The highest BCUT2D eigenvalue weighted by molar-refractivity contribution is 8.04. The minimum absolute atomic E-state index is 0.0999. The second-order valence-electron chi connectivity index (χ2n) is 9.91. The number of fused-ring (bicyclic) bond motifs is 1. The van der Waals surface area contributed by atoms with Crippen LogP contribution in [0, 0.1) is 0 Å². The highest BCUT2D eigenvalue weighted by Crippen LogP contribution is 2.42. The molecule has 2 aromatic carbocycles. The molecule has 3 fully saturated rings. The summed E-state index contributed by atoms with van der Waals surface area (Å²) in [7, 11) is 0. The van der Waals surface area contributed by atoms with Crippen molar-refractivity contribution >= 4 is 41.3 Å². The first-order chi connectivity index (χ1) is 17.1. The number of hydrogen-bond acceptors (Lipinski definition) is 3. The van der Waals surface area contributed by atoms with Crippen LogP contribution in [-0.2, 0) is 11.3 Å². The molecule has 2 saturated heterocycles. The van der Waals surface area contributed by atoms with Gasteiger partial charge in [0.1, 0.15) is 0 Å². The fourth-order valence-corrected chi connectivity index (χ4v) is 7.21. The molecule has 2 aliphatic heterocycles. The molecule has 3 aliphatic rings. The number of carbonyl (C=O) groups is 2. The zero-order valence-corrected chi connectivity index (χ0v) is 21.7. The molecular formula is C29H33ClN2O2S. The monoisotopic (exact) mass is 508 g/mol. The van der Waals surface area contributed by atoms with Crippen molar-refractivity contribution in [3.05, 3.63) is 75.1 Å². The van der Waals surface area contributed by atoms with Gasteiger partial charge in [-0.05, 0) is 67.2 Å². The molecule has 0 bridgehead atoms. The van der Waals surface area contributed by atoms with Crippen LogP contribution in [0.2, 0.25) is 5.02 Å². The van der Waals surface area contributed by atoms with Crippen LogP contribution >= 0.6 is 23.4 Å². The van der Waals surface area contributed by atoms with Crippen LogP contribution in [0.1, 0.15) is 72.9 Å². The van der Waals surface area contributed by atoms with Crippen LogP contribution in [-0.4, -0.2) is 46.0 Å². The van der Waals surface area contributed by atoms with Gasteiger partial charge in [-0.2, -0.15) is 0 Å². The molecule has 6 heteroatoms. The number of amides is 2. The van der Waals surface area contributed by atoms with Gasteiger partial charge in [-0.15, -0.1) is 11.8 Å². The Morgan fingerprint density at radius 2 is 1.71 bits per heavy atom. The Labute approximate surface area is 217 Å². The number of carbonyl (C=O) groups excluding carboxylic acids is 2. The molecule has 2 atom stereocenters. The number of nitrogens with zero attached hydrogens (tertiary/aromatic N) is 2. The number of benzene rings is 2. The van der Waals surface area contributed by atoms with E-state index in [1.807, 2.05) is 59.5 Å². The van der Waals surface area contributed by atoms with E-state index in [0.717, 1.165) is 60.4 Å². The highest BCUT2D eigenvalue weighted by atomic mass is 35.5. The van der Waals surface area contributed by atoms with Crippen molar-refractivity contribution in [2.75, 3.05) is 13.1 Å². The van der Waals surface area contributed by atoms with Crippen molar-refractivity contribution in [1.82, 2.24) is 9.80 Å². The van der Waals surface area contributed by atoms with Gasteiger partial charge < -0.3 is 9.80 Å². The Bertz CT molecular complexity index is 1090. The van der Waals surface area contributed by atoms with Crippen LogP contribution in [0.3, 0.4) is 0 Å². The van der Waals surface area contributed by atoms with Crippen LogP contribution in [0.15, 0.2) is 53.4 Å². The predicted octanol–water partition coefficient (Wildman–Crippen LogP) is 6.78. The molecule has 0 N–H and O–H groups in total. The summed E-state index contributed by atoms with van der Waals surface area (Å²) in [5.74, 6) is 0.217. The lowest BCUT2D eigenvalue weighted by atomic mass is 9.92. The SMILES string of the molecule is O=C(c1ccc(/C=C2/SC3CCCCC3N(Cc3cccc(Cl)c3)C2=O)cc1)N1CCCCCC1. The molecule has 5 rings (SSSR count). The standard InChI is InChI=1S/C29H33ClN2O2S/c30-24-9-7-8-22(18-24)20-32-25-10-3-4-11-26(25)35-27(29(32)34)19-21-12-14-23(15-13-21)28(33)31-16-5-1-2-6-17-31/h7-9,12-15,18-19,25-26H,1-6,10-11,16-17,20H2/b27-19+. The maximum absolute atomic E-state index is 13.6. The number of halogens is 1. The van der Waals surface area contributed by atoms with Crippen molar-refractivity contribution in [3.8, 4) is 0 Å². The Hall–Kier alpha value is -2.24. The Morgan fingerprint density at radius 3 is 2.46 bits per heavy atom. The first-order valence-corrected chi connectivity index (χ1v) is 14.2. The third kappa shape index (κ3) is 5.78. The van der Waals surface area contributed by atoms with Gasteiger partial charge in [-0.1, -0.05) is 61.5 Å². The molecule has 1 aliphatic carbocycles. The van der Waals surface area contributed by atoms with Gasteiger partial charge in [0, 0.05) is 41.5 Å². The topological polar surface area (TPSA) is 40.6 Å². The zero-order chi connectivity index (χ0) is 24.2. The summed E-state index contributed by atoms with van der Waals surface area (Å²) < 4.78 is 0. The van der Waals surface area contributed by atoms with Gasteiger partial charge >= 0.3 is 0 Å². The first kappa shape index (κ1) is 24.5. The molecule has 2 unspecified atom stereocenters. The van der Waals surface area contributed by atoms with E-state index in [2.05, 4.69) is 4.90 Å². The van der Waals surface area contributed by atoms with E-state index in [-0.39, 0.29) is 17.9 Å². The summed E-state index contributed by atoms with van der Waals surface area (Å²) >= 11 is 7.96. The fourth-order valence-electron chi connectivity index (χ4n) is 5.52. The van der Waals surface area contributed by atoms with E-state index in [0.29, 0.717) is 16.8 Å². The third-order valence-corrected chi connectivity index (χ3v) is 9.04. The van der Waals surface area contributed by atoms with Crippen molar-refractivity contribution in [2.24, 2.45) is 0 Å². The van der Waals surface area contributed by atoms with E-state index < -0.39 is 0 Å². The van der Waals surface area contributed by atoms with Gasteiger partial charge in [0.2, 0.25) is 0 Å². The minimum atomic E-state index is 0.0999. The summed E-state index contributed by atoms with van der Waals surface area (Å²) in [6.45, 7) is 2.28. The van der Waals surface area contributed by atoms with E-state index in [9.17, 15) is 9.59 Å². The molecule has 2 heterocycles. The summed E-state index contributed by atoms with van der Waals surface area (Å²) in [5.41, 5.74) is 2.76. The zero-order valence-electron chi connectivity index (χ0n) is 20.1. The molecule has 1 saturated carbocycles. The molecular weight excluding hydrogens is 476 g/mol. The number of hydrogen-bond donors (Lipinski definition) is 0. The van der Waals surface area contributed by atoms with E-state index >= 15 is 0 Å².